The van der Waals surface area contributed by atoms with Crippen LogP contribution in [0.15, 0.2) is 52.2 Å². The maximum absolute atomic E-state index is 12.7. The molecule has 4 rings (SSSR count). The number of sulfonamides is 1. The molecule has 1 aliphatic heterocycles. The Balaban J connectivity index is 1.56. The van der Waals surface area contributed by atoms with Gasteiger partial charge in [-0.3, -0.25) is 9.52 Å². The fourth-order valence-electron chi connectivity index (χ4n) is 3.06. The molecule has 2 heterocycles. The second-order valence-electron chi connectivity index (χ2n) is 6.31. The number of aryl methyl sites for hydroxylation is 1. The average molecular weight is 406 g/mol. The summed E-state index contributed by atoms with van der Waals surface area (Å²) in [7, 11) is -2.06. The molecule has 0 bridgehead atoms. The topological polar surface area (TPSA) is 80.6 Å². The number of ether oxygens (including phenoxy) is 1. The van der Waals surface area contributed by atoms with Gasteiger partial charge in [0.25, 0.3) is 10.0 Å². The smallest absolute Gasteiger partial charge is 0.307 e. The van der Waals surface area contributed by atoms with Gasteiger partial charge < -0.3 is 14.2 Å². The van der Waals surface area contributed by atoms with Crippen LogP contribution in [0.4, 0.5) is 11.4 Å². The van der Waals surface area contributed by atoms with Crippen LogP contribution in [0.1, 0.15) is 0 Å². The first-order chi connectivity index (χ1) is 12.9. The maximum atomic E-state index is 12.7. The summed E-state index contributed by atoms with van der Waals surface area (Å²) in [6.07, 6.45) is 0. The highest BCUT2D eigenvalue weighted by atomic mass is 32.2. The molecule has 142 valence electrons. The van der Waals surface area contributed by atoms with Crippen molar-refractivity contribution in [2.75, 3.05) is 35.9 Å². The second-order valence-corrected chi connectivity index (χ2v) is 8.98. The highest BCUT2D eigenvalue weighted by molar-refractivity contribution is 7.92. The molecule has 0 radical (unpaired) electrons. The molecule has 0 unspecified atom stereocenters. The molecule has 1 aromatic heterocycles. The summed E-state index contributed by atoms with van der Waals surface area (Å²) in [6.45, 7) is 3.04. The number of fused-ring (bicyclic) bond motifs is 1. The Morgan fingerprint density at radius 2 is 1.78 bits per heavy atom. The summed E-state index contributed by atoms with van der Waals surface area (Å²) in [4.78, 5) is 14.0. The van der Waals surface area contributed by atoms with Gasteiger partial charge in [-0.1, -0.05) is 11.3 Å². The zero-order valence-electron chi connectivity index (χ0n) is 14.7. The molecule has 1 aliphatic rings. The van der Waals surface area contributed by atoms with E-state index < -0.39 is 10.0 Å². The van der Waals surface area contributed by atoms with E-state index in [1.807, 2.05) is 12.1 Å². The molecule has 1 fully saturated rings. The number of nitrogens with zero attached hydrogens (tertiary/aromatic N) is 2. The first-order valence-electron chi connectivity index (χ1n) is 8.49. The van der Waals surface area contributed by atoms with Crippen LogP contribution in [0.25, 0.3) is 10.2 Å². The number of nitrogens with one attached hydrogen (secondary N) is 1. The zero-order valence-corrected chi connectivity index (χ0v) is 16.3. The lowest BCUT2D eigenvalue weighted by Crippen LogP contribution is -2.36. The fourth-order valence-corrected chi connectivity index (χ4v) is 5.14. The number of anilines is 2. The van der Waals surface area contributed by atoms with E-state index in [-0.39, 0.29) is 9.77 Å². The average Bonchev–Trinajstić information content (AvgIpc) is 2.96. The van der Waals surface area contributed by atoms with Gasteiger partial charge in [0.05, 0.1) is 28.3 Å². The minimum absolute atomic E-state index is 0.119. The van der Waals surface area contributed by atoms with Crippen LogP contribution in [-0.4, -0.2) is 39.3 Å². The number of hydrogen-bond acceptors (Lipinski definition) is 6. The summed E-state index contributed by atoms with van der Waals surface area (Å²) < 4.78 is 35.5. The number of benzene rings is 2. The van der Waals surface area contributed by atoms with Gasteiger partial charge in [-0.05, 0) is 42.5 Å². The Kier molecular flexibility index (Phi) is 4.67. The highest BCUT2D eigenvalue weighted by Crippen LogP contribution is 2.24. The summed E-state index contributed by atoms with van der Waals surface area (Å²) in [6, 6.07) is 12.0. The quantitative estimate of drug-likeness (QED) is 0.720. The molecule has 0 atom stereocenters. The van der Waals surface area contributed by atoms with Crippen molar-refractivity contribution in [3.63, 3.8) is 0 Å². The largest absolute Gasteiger partial charge is 0.378 e. The van der Waals surface area contributed by atoms with Crippen LogP contribution in [0.2, 0.25) is 0 Å². The molecule has 3 aromatic rings. The van der Waals surface area contributed by atoms with Crippen LogP contribution >= 0.6 is 11.3 Å². The summed E-state index contributed by atoms with van der Waals surface area (Å²) in [5, 5.41) is 0. The highest BCUT2D eigenvalue weighted by Gasteiger charge is 2.17. The number of morpholine rings is 1. The van der Waals surface area contributed by atoms with Crippen LogP contribution in [-0.2, 0) is 21.8 Å². The van der Waals surface area contributed by atoms with Gasteiger partial charge in [0.15, 0.2) is 0 Å². The SMILES string of the molecule is Cn1c(=O)sc2cc(S(=O)(=O)Nc3ccc(N4CCOCC4)cc3)ccc21. The van der Waals surface area contributed by atoms with Gasteiger partial charge in [0, 0.05) is 31.5 Å². The van der Waals surface area contributed by atoms with Crippen molar-refractivity contribution >= 4 is 43.0 Å². The van der Waals surface area contributed by atoms with E-state index in [9.17, 15) is 13.2 Å². The molecule has 0 saturated carbocycles. The van der Waals surface area contributed by atoms with Crippen LogP contribution in [0.5, 0.6) is 0 Å². The fraction of sp³-hybridized carbons (Fsp3) is 0.278. The van der Waals surface area contributed by atoms with Crippen molar-refractivity contribution < 1.29 is 13.2 Å². The van der Waals surface area contributed by atoms with Crippen molar-refractivity contribution in [1.82, 2.24) is 4.57 Å². The van der Waals surface area contributed by atoms with Crippen LogP contribution in [0, 0.1) is 0 Å². The Morgan fingerprint density at radius 3 is 2.48 bits per heavy atom. The van der Waals surface area contributed by atoms with E-state index in [4.69, 9.17) is 4.74 Å². The molecular weight excluding hydrogens is 386 g/mol. The van der Waals surface area contributed by atoms with Crippen molar-refractivity contribution in [1.29, 1.82) is 0 Å². The van der Waals surface area contributed by atoms with Crippen molar-refractivity contribution in [2.24, 2.45) is 7.05 Å². The van der Waals surface area contributed by atoms with Crippen LogP contribution in [0.3, 0.4) is 0 Å². The van der Waals surface area contributed by atoms with Gasteiger partial charge in [-0.25, -0.2) is 8.42 Å². The minimum Gasteiger partial charge on any atom is -0.378 e. The monoisotopic (exact) mass is 405 g/mol. The Morgan fingerprint density at radius 1 is 1.07 bits per heavy atom. The van der Waals surface area contributed by atoms with Crippen molar-refractivity contribution in [3.8, 4) is 0 Å². The molecule has 0 amide bonds. The van der Waals surface area contributed by atoms with Gasteiger partial charge in [-0.15, -0.1) is 0 Å². The molecule has 1 N–H and O–H groups in total. The predicted molar refractivity (Wildman–Crippen MR) is 107 cm³/mol. The van der Waals surface area contributed by atoms with E-state index in [0.29, 0.717) is 23.6 Å². The minimum atomic E-state index is -3.73. The van der Waals surface area contributed by atoms with E-state index in [1.54, 1.807) is 25.2 Å². The van der Waals surface area contributed by atoms with Crippen molar-refractivity contribution in [3.05, 3.63) is 52.1 Å². The van der Waals surface area contributed by atoms with E-state index >= 15 is 0 Å². The molecular formula is C18H19N3O4S2. The Bertz CT molecular complexity index is 1130. The van der Waals surface area contributed by atoms with Gasteiger partial charge in [0.1, 0.15) is 0 Å². The zero-order chi connectivity index (χ0) is 19.0. The third-order valence-corrected chi connectivity index (χ3v) is 6.94. The molecule has 7 nitrogen and oxygen atoms in total. The van der Waals surface area contributed by atoms with Crippen molar-refractivity contribution in [2.45, 2.75) is 4.90 Å². The van der Waals surface area contributed by atoms with E-state index in [2.05, 4.69) is 9.62 Å². The molecule has 27 heavy (non-hydrogen) atoms. The molecule has 1 saturated heterocycles. The lowest BCUT2D eigenvalue weighted by atomic mass is 10.2. The molecule has 2 aromatic carbocycles. The molecule has 0 aliphatic carbocycles. The number of aromatic nitrogens is 1. The lowest BCUT2D eigenvalue weighted by Gasteiger charge is -2.28. The standard InChI is InChI=1S/C18H19N3O4S2/c1-20-16-7-6-15(12-17(16)26-18(20)22)27(23,24)19-13-2-4-14(5-3-13)21-8-10-25-11-9-21/h2-7,12,19H,8-11H2,1H3. The van der Waals surface area contributed by atoms with Gasteiger partial charge in [-0.2, -0.15) is 0 Å². The van der Waals surface area contributed by atoms with Gasteiger partial charge >= 0.3 is 4.87 Å². The van der Waals surface area contributed by atoms with E-state index in [0.717, 1.165) is 35.6 Å². The third-order valence-electron chi connectivity index (χ3n) is 4.57. The maximum Gasteiger partial charge on any atom is 0.307 e. The van der Waals surface area contributed by atoms with E-state index in [1.165, 1.54) is 16.7 Å². The Hall–Kier alpha value is -2.36. The first kappa shape index (κ1) is 18.0. The molecule has 0 spiro atoms. The first-order valence-corrected chi connectivity index (χ1v) is 10.8. The number of rotatable bonds is 4. The number of hydrogen-bond donors (Lipinski definition) is 1. The number of thiazole rings is 1. The summed E-state index contributed by atoms with van der Waals surface area (Å²) in [5.74, 6) is 0. The second kappa shape index (κ2) is 6.99. The predicted octanol–water partition coefficient (Wildman–Crippen LogP) is 2.24. The Labute approximate surface area is 160 Å². The summed E-state index contributed by atoms with van der Waals surface area (Å²) >= 11 is 1.03. The van der Waals surface area contributed by atoms with Gasteiger partial charge in [0.2, 0.25) is 0 Å². The lowest BCUT2D eigenvalue weighted by molar-refractivity contribution is 0.122. The third kappa shape index (κ3) is 3.58. The van der Waals surface area contributed by atoms with Crippen LogP contribution < -0.4 is 14.5 Å². The summed E-state index contributed by atoms with van der Waals surface area (Å²) in [5.41, 5.74) is 2.25. The normalized spacial score (nSPS) is 15.2. The molecule has 9 heteroatoms.